The Hall–Kier alpha value is -0.650. The van der Waals surface area contributed by atoms with Crippen LogP contribution in [0.4, 0.5) is 4.39 Å². The molecule has 0 aliphatic heterocycles. The number of hydrogen-bond acceptors (Lipinski definition) is 2. The van der Waals surface area contributed by atoms with E-state index in [1.807, 2.05) is 0 Å². The summed E-state index contributed by atoms with van der Waals surface area (Å²) in [6.07, 6.45) is 0. The third kappa shape index (κ3) is 2.18. The van der Waals surface area contributed by atoms with E-state index < -0.39 is 20.7 Å². The summed E-state index contributed by atoms with van der Waals surface area (Å²) >= 11 is 5.61. The second-order valence-electron chi connectivity index (χ2n) is 2.58. The lowest BCUT2D eigenvalue weighted by Crippen LogP contribution is -2.14. The number of nitrogens with two attached hydrogens (primary N) is 1. The molecule has 0 bridgehead atoms. The van der Waals surface area contributed by atoms with Crippen molar-refractivity contribution in [3.05, 3.63) is 28.5 Å². The summed E-state index contributed by atoms with van der Waals surface area (Å²) in [6.45, 7) is 1.57. The zero-order valence-corrected chi connectivity index (χ0v) is 8.29. The molecule has 3 nitrogen and oxygen atoms in total. The molecule has 1 aromatic rings. The maximum absolute atomic E-state index is 13.0. The maximum Gasteiger partial charge on any atom is 0.241 e. The predicted molar refractivity (Wildman–Crippen MR) is 47.5 cm³/mol. The van der Waals surface area contributed by atoms with Crippen molar-refractivity contribution >= 4 is 21.6 Å². The fourth-order valence-corrected chi connectivity index (χ4v) is 1.69. The quantitative estimate of drug-likeness (QED) is 0.783. The van der Waals surface area contributed by atoms with Crippen LogP contribution in [0.5, 0.6) is 0 Å². The number of sulfonamides is 1. The number of hydrogen-bond donors (Lipinski definition) is 1. The van der Waals surface area contributed by atoms with Gasteiger partial charge in [-0.05, 0) is 24.6 Å². The molecular formula is C7H7ClFNO2S. The van der Waals surface area contributed by atoms with Crippen LogP contribution in [0.3, 0.4) is 0 Å². The molecule has 1 aromatic carbocycles. The van der Waals surface area contributed by atoms with Crippen molar-refractivity contribution in [3.63, 3.8) is 0 Å². The zero-order chi connectivity index (χ0) is 10.2. The van der Waals surface area contributed by atoms with Gasteiger partial charge in [0.15, 0.2) is 0 Å². The SMILES string of the molecule is Cc1cc(F)c(S(N)(=O)=O)cc1Cl. The minimum Gasteiger partial charge on any atom is -0.225 e. The highest BCUT2D eigenvalue weighted by molar-refractivity contribution is 7.89. The van der Waals surface area contributed by atoms with Crippen molar-refractivity contribution in [2.45, 2.75) is 11.8 Å². The molecule has 0 heterocycles. The molecule has 72 valence electrons. The minimum atomic E-state index is -4.03. The first-order valence-electron chi connectivity index (χ1n) is 3.31. The summed E-state index contributed by atoms with van der Waals surface area (Å²) in [5.41, 5.74) is 0.464. The molecule has 0 aliphatic carbocycles. The number of benzene rings is 1. The van der Waals surface area contributed by atoms with E-state index in [1.54, 1.807) is 6.92 Å². The van der Waals surface area contributed by atoms with Gasteiger partial charge in [0.2, 0.25) is 10.0 Å². The third-order valence-electron chi connectivity index (χ3n) is 1.52. The molecule has 0 fully saturated rings. The molecule has 0 aromatic heterocycles. The highest BCUT2D eigenvalue weighted by Crippen LogP contribution is 2.22. The first-order valence-corrected chi connectivity index (χ1v) is 5.23. The van der Waals surface area contributed by atoms with Gasteiger partial charge < -0.3 is 0 Å². The zero-order valence-electron chi connectivity index (χ0n) is 6.71. The van der Waals surface area contributed by atoms with Crippen LogP contribution in [0.25, 0.3) is 0 Å². The molecule has 0 saturated heterocycles. The van der Waals surface area contributed by atoms with Crippen LogP contribution in [0, 0.1) is 12.7 Å². The number of primary sulfonamides is 1. The van der Waals surface area contributed by atoms with Gasteiger partial charge in [-0.3, -0.25) is 0 Å². The average molecular weight is 224 g/mol. The van der Waals surface area contributed by atoms with Crippen LogP contribution < -0.4 is 5.14 Å². The summed E-state index contributed by atoms with van der Waals surface area (Å²) in [4.78, 5) is -0.580. The fourth-order valence-electron chi connectivity index (χ4n) is 0.846. The van der Waals surface area contributed by atoms with Gasteiger partial charge >= 0.3 is 0 Å². The Kier molecular flexibility index (Phi) is 2.61. The molecule has 0 atom stereocenters. The summed E-state index contributed by atoms with van der Waals surface area (Å²) in [6, 6.07) is 2.03. The molecule has 0 saturated carbocycles. The lowest BCUT2D eigenvalue weighted by atomic mass is 10.2. The summed E-state index contributed by atoms with van der Waals surface area (Å²) in [5.74, 6) is -0.885. The van der Waals surface area contributed by atoms with E-state index in [1.165, 1.54) is 0 Å². The molecule has 0 unspecified atom stereocenters. The van der Waals surface area contributed by atoms with Crippen LogP contribution in [-0.2, 0) is 10.0 Å². The molecule has 0 spiro atoms. The van der Waals surface area contributed by atoms with E-state index in [9.17, 15) is 12.8 Å². The van der Waals surface area contributed by atoms with Crippen LogP contribution in [-0.4, -0.2) is 8.42 Å². The van der Waals surface area contributed by atoms with Crippen molar-refractivity contribution in [2.75, 3.05) is 0 Å². The second kappa shape index (κ2) is 3.25. The standard InChI is InChI=1S/C7H7ClFNO2S/c1-4-2-6(9)7(3-5(4)8)13(10,11)12/h2-3H,1H3,(H2,10,11,12). The van der Waals surface area contributed by atoms with Gasteiger partial charge in [-0.1, -0.05) is 11.6 Å². The fraction of sp³-hybridized carbons (Fsp3) is 0.143. The molecule has 0 amide bonds. The van der Waals surface area contributed by atoms with Gasteiger partial charge in [0.05, 0.1) is 0 Å². The molecule has 0 radical (unpaired) electrons. The molecule has 2 N–H and O–H groups in total. The van der Waals surface area contributed by atoms with E-state index in [0.717, 1.165) is 12.1 Å². The van der Waals surface area contributed by atoms with Gasteiger partial charge in [-0.15, -0.1) is 0 Å². The monoisotopic (exact) mass is 223 g/mol. The van der Waals surface area contributed by atoms with Crippen molar-refractivity contribution in [2.24, 2.45) is 5.14 Å². The van der Waals surface area contributed by atoms with Gasteiger partial charge in [0.25, 0.3) is 0 Å². The maximum atomic E-state index is 13.0. The second-order valence-corrected chi connectivity index (χ2v) is 4.51. The predicted octanol–water partition coefficient (Wildman–Crippen LogP) is 1.43. The van der Waals surface area contributed by atoms with Gasteiger partial charge in [-0.2, -0.15) is 0 Å². The molecule has 6 heteroatoms. The van der Waals surface area contributed by atoms with Crippen LogP contribution in [0.15, 0.2) is 17.0 Å². The van der Waals surface area contributed by atoms with Crippen molar-refractivity contribution in [1.29, 1.82) is 0 Å². The molecule has 1 rings (SSSR count). The first-order chi connectivity index (χ1) is 5.82. The number of halogens is 2. The Labute approximate surface area is 80.4 Å². The Bertz CT molecular complexity index is 444. The Morgan fingerprint density at radius 2 is 2.00 bits per heavy atom. The Morgan fingerprint density at radius 3 is 2.46 bits per heavy atom. The molecular weight excluding hydrogens is 217 g/mol. The van der Waals surface area contributed by atoms with E-state index in [4.69, 9.17) is 16.7 Å². The first kappa shape index (κ1) is 10.4. The van der Waals surface area contributed by atoms with Gasteiger partial charge in [0, 0.05) is 5.02 Å². The van der Waals surface area contributed by atoms with E-state index in [-0.39, 0.29) is 5.02 Å². The summed E-state index contributed by atoms with van der Waals surface area (Å²) < 4.78 is 34.6. The lowest BCUT2D eigenvalue weighted by Gasteiger charge is -2.03. The Morgan fingerprint density at radius 1 is 1.46 bits per heavy atom. The topological polar surface area (TPSA) is 60.2 Å². The summed E-state index contributed by atoms with van der Waals surface area (Å²) in [7, 11) is -4.03. The van der Waals surface area contributed by atoms with Crippen LogP contribution in [0.2, 0.25) is 5.02 Å². The highest BCUT2D eigenvalue weighted by atomic mass is 35.5. The normalized spacial score (nSPS) is 11.7. The summed E-state index contributed by atoms with van der Waals surface area (Å²) in [5, 5.41) is 4.92. The Balaban J connectivity index is 3.50. The van der Waals surface area contributed by atoms with Crippen molar-refractivity contribution < 1.29 is 12.8 Å². The minimum absolute atomic E-state index is 0.172. The average Bonchev–Trinajstić information content (AvgIpc) is 1.94. The lowest BCUT2D eigenvalue weighted by molar-refractivity contribution is 0.567. The smallest absolute Gasteiger partial charge is 0.225 e. The number of aryl methyl sites for hydroxylation is 1. The van der Waals surface area contributed by atoms with E-state index in [2.05, 4.69) is 0 Å². The van der Waals surface area contributed by atoms with E-state index in [0.29, 0.717) is 5.56 Å². The van der Waals surface area contributed by atoms with Crippen LogP contribution >= 0.6 is 11.6 Å². The number of rotatable bonds is 1. The van der Waals surface area contributed by atoms with Gasteiger partial charge in [-0.25, -0.2) is 17.9 Å². The molecule has 13 heavy (non-hydrogen) atoms. The third-order valence-corrected chi connectivity index (χ3v) is 2.85. The highest BCUT2D eigenvalue weighted by Gasteiger charge is 2.15. The van der Waals surface area contributed by atoms with Gasteiger partial charge in [0.1, 0.15) is 10.7 Å². The van der Waals surface area contributed by atoms with Crippen molar-refractivity contribution in [1.82, 2.24) is 0 Å². The molecule has 0 aliphatic rings. The van der Waals surface area contributed by atoms with Crippen LogP contribution in [0.1, 0.15) is 5.56 Å². The largest absolute Gasteiger partial charge is 0.241 e. The van der Waals surface area contributed by atoms with Crippen molar-refractivity contribution in [3.8, 4) is 0 Å². The van der Waals surface area contributed by atoms with E-state index >= 15 is 0 Å².